The average Bonchev–Trinajstić information content (AvgIpc) is 2.91. The Morgan fingerprint density at radius 1 is 0.917 bits per heavy atom. The van der Waals surface area contributed by atoms with E-state index in [0.29, 0.717) is 46.6 Å². The number of fused-ring (bicyclic) bond motifs is 1. The Morgan fingerprint density at radius 3 is 2.50 bits per heavy atom. The molecule has 4 aromatic rings. The van der Waals surface area contributed by atoms with Crippen molar-refractivity contribution in [3.63, 3.8) is 0 Å². The van der Waals surface area contributed by atoms with Crippen molar-refractivity contribution in [2.75, 3.05) is 27.4 Å². The molecule has 4 rings (SSSR count). The minimum Gasteiger partial charge on any atom is -0.493 e. The number of methoxy groups -OCH3 is 2. The molecule has 1 amide bonds. The molecule has 1 N–H and O–H groups in total. The molecule has 0 spiro atoms. The van der Waals surface area contributed by atoms with Gasteiger partial charge in [0.05, 0.1) is 31.0 Å². The summed E-state index contributed by atoms with van der Waals surface area (Å²) in [5.74, 6) is 0.306. The lowest BCUT2D eigenvalue weighted by atomic mass is 10.0. The van der Waals surface area contributed by atoms with Crippen molar-refractivity contribution in [2.24, 2.45) is 0 Å². The summed E-state index contributed by atoms with van der Waals surface area (Å²) in [6.07, 6.45) is 0.588. The molecule has 0 saturated carbocycles. The van der Waals surface area contributed by atoms with Gasteiger partial charge >= 0.3 is 5.97 Å². The van der Waals surface area contributed by atoms with Crippen molar-refractivity contribution in [3.8, 4) is 22.8 Å². The van der Waals surface area contributed by atoms with Gasteiger partial charge in [0, 0.05) is 22.0 Å². The Bertz CT molecular complexity index is 1410. The molecule has 0 aliphatic rings. The Labute approximate surface area is 217 Å². The molecule has 0 unspecified atom stereocenters. The molecule has 0 aliphatic carbocycles. The van der Waals surface area contributed by atoms with Gasteiger partial charge in [-0.25, -0.2) is 9.78 Å². The van der Waals surface area contributed by atoms with Crippen LogP contribution in [0.15, 0.2) is 77.3 Å². The quantitative estimate of drug-likeness (QED) is 0.289. The molecule has 0 atom stereocenters. The molecule has 36 heavy (non-hydrogen) atoms. The molecule has 0 radical (unpaired) electrons. The lowest BCUT2D eigenvalue weighted by Gasteiger charge is -2.11. The first-order valence-electron chi connectivity index (χ1n) is 11.3. The van der Waals surface area contributed by atoms with Crippen LogP contribution in [0.3, 0.4) is 0 Å². The number of hydrogen-bond donors (Lipinski definition) is 1. The number of nitrogens with one attached hydrogen (secondary N) is 1. The third-order valence-electron chi connectivity index (χ3n) is 5.57. The van der Waals surface area contributed by atoms with Gasteiger partial charge in [0.2, 0.25) is 0 Å². The summed E-state index contributed by atoms with van der Waals surface area (Å²) in [6.45, 7) is 0.00469. The van der Waals surface area contributed by atoms with E-state index in [-0.39, 0.29) is 12.5 Å². The van der Waals surface area contributed by atoms with Gasteiger partial charge in [0.1, 0.15) is 0 Å². The van der Waals surface area contributed by atoms with E-state index < -0.39 is 5.97 Å². The van der Waals surface area contributed by atoms with Crippen LogP contribution in [0, 0.1) is 0 Å². The van der Waals surface area contributed by atoms with Crippen LogP contribution in [0.1, 0.15) is 15.9 Å². The van der Waals surface area contributed by atoms with E-state index in [9.17, 15) is 9.59 Å². The number of rotatable bonds is 9. The van der Waals surface area contributed by atoms with Gasteiger partial charge in [-0.15, -0.1) is 0 Å². The zero-order chi connectivity index (χ0) is 25.5. The second-order valence-electron chi connectivity index (χ2n) is 7.95. The largest absolute Gasteiger partial charge is 0.493 e. The number of hydrogen-bond acceptors (Lipinski definition) is 6. The fourth-order valence-electron chi connectivity index (χ4n) is 3.78. The highest BCUT2D eigenvalue weighted by Crippen LogP contribution is 2.28. The van der Waals surface area contributed by atoms with Crippen LogP contribution >= 0.6 is 15.9 Å². The third-order valence-corrected chi connectivity index (χ3v) is 6.07. The predicted molar refractivity (Wildman–Crippen MR) is 141 cm³/mol. The Hall–Kier alpha value is -3.91. The van der Waals surface area contributed by atoms with Gasteiger partial charge in [-0.2, -0.15) is 0 Å². The van der Waals surface area contributed by atoms with Crippen LogP contribution in [0.25, 0.3) is 22.2 Å². The summed E-state index contributed by atoms with van der Waals surface area (Å²) in [5.41, 5.74) is 3.50. The van der Waals surface area contributed by atoms with E-state index in [0.717, 1.165) is 15.6 Å². The van der Waals surface area contributed by atoms with Crippen molar-refractivity contribution >= 4 is 38.7 Å². The van der Waals surface area contributed by atoms with E-state index in [1.165, 1.54) is 0 Å². The lowest BCUT2D eigenvalue weighted by molar-refractivity contribution is -0.124. The van der Waals surface area contributed by atoms with Gasteiger partial charge in [-0.3, -0.25) is 4.79 Å². The van der Waals surface area contributed by atoms with Gasteiger partial charge in [-0.05, 0) is 48.4 Å². The number of amides is 1. The zero-order valence-electron chi connectivity index (χ0n) is 19.9. The van der Waals surface area contributed by atoms with Crippen LogP contribution in [-0.4, -0.2) is 44.2 Å². The SMILES string of the molecule is COc1ccc(CCNC(=O)COC(=O)c2cc(-c3cccc(Br)c3)nc3ccccc23)cc1OC. The van der Waals surface area contributed by atoms with Crippen molar-refractivity contribution in [1.29, 1.82) is 0 Å². The normalized spacial score (nSPS) is 10.6. The maximum absolute atomic E-state index is 13.0. The minimum absolute atomic E-state index is 0.355. The van der Waals surface area contributed by atoms with Crippen molar-refractivity contribution in [3.05, 3.63) is 88.4 Å². The number of pyridine rings is 1. The number of carbonyl (C=O) groups excluding carboxylic acids is 2. The second-order valence-corrected chi connectivity index (χ2v) is 8.86. The molecule has 3 aromatic carbocycles. The van der Waals surface area contributed by atoms with Gasteiger partial charge in [-0.1, -0.05) is 52.3 Å². The van der Waals surface area contributed by atoms with Crippen LogP contribution in [0.2, 0.25) is 0 Å². The van der Waals surface area contributed by atoms with Gasteiger partial charge in [0.15, 0.2) is 18.1 Å². The fourth-order valence-corrected chi connectivity index (χ4v) is 4.18. The zero-order valence-corrected chi connectivity index (χ0v) is 21.5. The number of para-hydroxylation sites is 1. The van der Waals surface area contributed by atoms with E-state index in [4.69, 9.17) is 19.2 Å². The van der Waals surface area contributed by atoms with Crippen molar-refractivity contribution in [2.45, 2.75) is 6.42 Å². The summed E-state index contributed by atoms with van der Waals surface area (Å²) in [7, 11) is 3.15. The molecule has 7 nitrogen and oxygen atoms in total. The third kappa shape index (κ3) is 6.01. The molecule has 0 fully saturated rings. The molecular formula is C28H25BrN2O5. The summed E-state index contributed by atoms with van der Waals surface area (Å²) in [5, 5.41) is 3.44. The maximum Gasteiger partial charge on any atom is 0.339 e. The predicted octanol–water partition coefficient (Wildman–Crippen LogP) is 5.20. The monoisotopic (exact) mass is 548 g/mol. The Kier molecular flexibility index (Phi) is 8.17. The fraction of sp³-hybridized carbons (Fsp3) is 0.179. The Balaban J connectivity index is 1.40. The molecule has 8 heteroatoms. The van der Waals surface area contributed by atoms with Crippen LogP contribution < -0.4 is 14.8 Å². The first-order valence-corrected chi connectivity index (χ1v) is 12.1. The number of nitrogens with zero attached hydrogens (tertiary/aromatic N) is 1. The summed E-state index contributed by atoms with van der Waals surface area (Å²) in [4.78, 5) is 30.0. The molecule has 1 aromatic heterocycles. The van der Waals surface area contributed by atoms with Crippen molar-refractivity contribution < 1.29 is 23.8 Å². The number of ether oxygens (including phenoxy) is 3. The molecule has 1 heterocycles. The second kappa shape index (κ2) is 11.7. The van der Waals surface area contributed by atoms with Gasteiger partial charge < -0.3 is 19.5 Å². The topological polar surface area (TPSA) is 86.8 Å². The number of esters is 1. The minimum atomic E-state index is -0.583. The van der Waals surface area contributed by atoms with E-state index in [2.05, 4.69) is 21.2 Å². The Morgan fingerprint density at radius 2 is 1.72 bits per heavy atom. The first kappa shape index (κ1) is 25.2. The van der Waals surface area contributed by atoms with Crippen LogP contribution in [0.4, 0.5) is 0 Å². The van der Waals surface area contributed by atoms with E-state index >= 15 is 0 Å². The summed E-state index contributed by atoms with van der Waals surface area (Å²) in [6, 6.07) is 22.3. The van der Waals surface area contributed by atoms with Gasteiger partial charge in [0.25, 0.3) is 5.91 Å². The molecule has 0 aliphatic heterocycles. The van der Waals surface area contributed by atoms with E-state index in [1.807, 2.05) is 66.7 Å². The molecule has 0 bridgehead atoms. The summed E-state index contributed by atoms with van der Waals surface area (Å²) < 4.78 is 16.8. The highest BCUT2D eigenvalue weighted by molar-refractivity contribution is 9.10. The highest BCUT2D eigenvalue weighted by Gasteiger charge is 2.17. The first-order chi connectivity index (χ1) is 17.5. The summed E-state index contributed by atoms with van der Waals surface area (Å²) >= 11 is 3.47. The standard InChI is InChI=1S/C28H25BrN2O5/c1-34-25-11-10-18(14-26(25)35-2)12-13-30-27(32)17-36-28(33)22-16-24(19-6-5-7-20(29)15-19)31-23-9-4-3-8-21(22)23/h3-11,14-16H,12-13,17H2,1-2H3,(H,30,32). The number of benzene rings is 3. The smallest absolute Gasteiger partial charge is 0.339 e. The van der Waals surface area contributed by atoms with Crippen molar-refractivity contribution in [1.82, 2.24) is 10.3 Å². The number of halogens is 1. The lowest BCUT2D eigenvalue weighted by Crippen LogP contribution is -2.30. The molecule has 184 valence electrons. The maximum atomic E-state index is 13.0. The highest BCUT2D eigenvalue weighted by atomic mass is 79.9. The molecule has 0 saturated heterocycles. The number of carbonyl (C=O) groups is 2. The molecular weight excluding hydrogens is 524 g/mol. The van der Waals surface area contributed by atoms with Crippen LogP contribution in [-0.2, 0) is 16.0 Å². The number of aromatic nitrogens is 1. The van der Waals surface area contributed by atoms with E-state index in [1.54, 1.807) is 20.3 Å². The average molecular weight is 549 g/mol. The van der Waals surface area contributed by atoms with Crippen LogP contribution in [0.5, 0.6) is 11.5 Å².